The molecule has 0 bridgehead atoms. The molecule has 0 saturated heterocycles. The van der Waals surface area contributed by atoms with Crippen LogP contribution in [-0.2, 0) is 43.3 Å². The van der Waals surface area contributed by atoms with Gasteiger partial charge in [-0.25, -0.2) is 19.6 Å². The fourth-order valence-corrected chi connectivity index (χ4v) is 5.57. The number of alkyl halides is 1. The van der Waals surface area contributed by atoms with E-state index in [4.69, 9.17) is 26.2 Å². The van der Waals surface area contributed by atoms with Crippen molar-refractivity contribution in [2.45, 2.75) is 71.1 Å². The molecule has 0 aliphatic carbocycles. The summed E-state index contributed by atoms with van der Waals surface area (Å²) in [4.78, 5) is 58.7. The molecule has 0 fully saturated rings. The summed E-state index contributed by atoms with van der Waals surface area (Å²) in [6.45, 7) is 14.7. The van der Waals surface area contributed by atoms with Crippen LogP contribution in [0.2, 0.25) is 51.4 Å². The zero-order valence-electron chi connectivity index (χ0n) is 27.3. The third kappa shape index (κ3) is 11.1. The number of aromatic nitrogens is 6. The van der Waals surface area contributed by atoms with E-state index in [1.165, 1.54) is 33.8 Å². The topological polar surface area (TPSA) is 199 Å². The number of imidazole rings is 1. The van der Waals surface area contributed by atoms with Crippen molar-refractivity contribution in [3.05, 3.63) is 53.1 Å². The molecule has 0 radical (unpaired) electrons. The Balaban J connectivity index is 0.000000262. The first-order valence-electron chi connectivity index (χ1n) is 14.4. The molecule has 1 aliphatic rings. The van der Waals surface area contributed by atoms with Gasteiger partial charge < -0.3 is 19.7 Å². The minimum atomic E-state index is -1.19. The van der Waals surface area contributed by atoms with Gasteiger partial charge >= 0.3 is 11.4 Å². The van der Waals surface area contributed by atoms with Gasteiger partial charge in [0.25, 0.3) is 11.1 Å². The maximum atomic E-state index is 12.0. The first kappa shape index (κ1) is 38.2. The number of H-pyrrole nitrogens is 2. The van der Waals surface area contributed by atoms with Gasteiger partial charge in [-0.15, -0.1) is 0 Å². The summed E-state index contributed by atoms with van der Waals surface area (Å²) in [5.74, 6) is 0.650. The Bertz CT molecular complexity index is 1710. The fraction of sp³-hybridized carbons (Fsp3) is 0.630. The van der Waals surface area contributed by atoms with Crippen LogP contribution < -0.4 is 22.5 Å². The van der Waals surface area contributed by atoms with Crippen LogP contribution in [0.3, 0.4) is 0 Å². The zero-order chi connectivity index (χ0) is 34.1. The smallest absolute Gasteiger partial charge is 0.329 e. The molecule has 0 unspecified atom stereocenters. The highest BCUT2D eigenvalue weighted by Gasteiger charge is 2.21. The summed E-state index contributed by atoms with van der Waals surface area (Å²) in [5, 5.41) is 18.3. The Morgan fingerprint density at radius 3 is 1.93 bits per heavy atom. The lowest BCUT2D eigenvalue weighted by Gasteiger charge is -2.16. The van der Waals surface area contributed by atoms with E-state index in [9.17, 15) is 24.3 Å². The van der Waals surface area contributed by atoms with Gasteiger partial charge in [0.05, 0.1) is 17.9 Å². The molecule has 45 heavy (non-hydrogen) atoms. The van der Waals surface area contributed by atoms with E-state index in [-0.39, 0.29) is 31.1 Å². The summed E-state index contributed by atoms with van der Waals surface area (Å²) < 4.78 is 14.7. The van der Waals surface area contributed by atoms with E-state index in [2.05, 4.69) is 59.2 Å². The Labute approximate surface area is 267 Å². The number of halogens is 1. The molecule has 3 aromatic heterocycles. The number of aliphatic hydroxyl groups is 2. The normalized spacial score (nSPS) is 12.7. The van der Waals surface area contributed by atoms with E-state index in [0.29, 0.717) is 42.0 Å². The highest BCUT2D eigenvalue weighted by Crippen LogP contribution is 2.20. The molecule has 4 heterocycles. The number of fused-ring (bicyclic) bond motifs is 2. The van der Waals surface area contributed by atoms with Crippen LogP contribution in [-0.4, -0.2) is 86.6 Å². The van der Waals surface area contributed by atoms with Crippen molar-refractivity contribution < 1.29 is 19.7 Å². The average Bonchev–Trinajstić information content (AvgIpc) is 3.55. The molecular formula is C27H46ClN7O8Si2. The first-order chi connectivity index (χ1) is 20.9. The zero-order valence-corrected chi connectivity index (χ0v) is 30.1. The van der Waals surface area contributed by atoms with E-state index >= 15 is 0 Å². The van der Waals surface area contributed by atoms with Crippen LogP contribution in [0.5, 0.6) is 0 Å². The highest BCUT2D eigenvalue weighted by atomic mass is 35.5. The number of nitrogens with one attached hydrogen (secondary N) is 2. The van der Waals surface area contributed by atoms with Gasteiger partial charge in [-0.05, 0) is 12.1 Å². The lowest BCUT2D eigenvalue weighted by atomic mass is 10.2. The molecule has 0 atom stereocenters. The Morgan fingerprint density at radius 1 is 0.844 bits per heavy atom. The van der Waals surface area contributed by atoms with Crippen molar-refractivity contribution >= 4 is 50.4 Å². The lowest BCUT2D eigenvalue weighted by Crippen LogP contribution is -2.29. The molecule has 4 N–H and O–H groups in total. The predicted octanol–water partition coefficient (Wildman–Crippen LogP) is 1.46. The maximum absolute atomic E-state index is 12.0. The molecule has 252 valence electrons. The summed E-state index contributed by atoms with van der Waals surface area (Å²) >= 11 is 5.32. The van der Waals surface area contributed by atoms with Crippen molar-refractivity contribution in [1.29, 1.82) is 0 Å². The van der Waals surface area contributed by atoms with Gasteiger partial charge in [-0.3, -0.25) is 33.3 Å². The highest BCUT2D eigenvalue weighted by molar-refractivity contribution is 6.76. The number of aryl methyl sites for hydroxylation is 1. The second kappa shape index (κ2) is 16.6. The third-order valence-corrected chi connectivity index (χ3v) is 10.3. The van der Waals surface area contributed by atoms with E-state index in [0.717, 1.165) is 12.7 Å². The van der Waals surface area contributed by atoms with E-state index < -0.39 is 38.6 Å². The van der Waals surface area contributed by atoms with Crippen molar-refractivity contribution in [2.24, 2.45) is 19.1 Å². The Hall–Kier alpha value is -2.94. The van der Waals surface area contributed by atoms with Crippen molar-refractivity contribution in [1.82, 2.24) is 28.7 Å². The molecule has 0 amide bonds. The number of hydrogen-bond acceptors (Lipinski definition) is 10. The quantitative estimate of drug-likeness (QED) is 0.131. The Morgan fingerprint density at radius 2 is 1.40 bits per heavy atom. The van der Waals surface area contributed by atoms with Gasteiger partial charge in [0, 0.05) is 49.9 Å². The number of nitrogens with zero attached hydrogens (tertiary/aromatic N) is 5. The number of hydrogen-bond donors (Lipinski definition) is 4. The fourth-order valence-electron chi connectivity index (χ4n) is 3.95. The van der Waals surface area contributed by atoms with Gasteiger partial charge in [-0.2, -0.15) is 0 Å². The molecule has 0 aromatic carbocycles. The SMILES string of the molecule is C[Si](C)(C)CCOCCl.Cn1c(=O)[nH]c(=O)c2c1nc(CO)n2COCC[Si](C)(C)C.Cn1c2c(c(=O)[nH]c1=O)CC(CO)=N2. The lowest BCUT2D eigenvalue weighted by molar-refractivity contribution is 0.0844. The molecular weight excluding hydrogens is 642 g/mol. The summed E-state index contributed by atoms with van der Waals surface area (Å²) in [6, 6.07) is 2.55. The second-order valence-corrected chi connectivity index (χ2v) is 24.4. The van der Waals surface area contributed by atoms with Crippen molar-refractivity contribution in [3.8, 4) is 0 Å². The summed E-state index contributed by atoms with van der Waals surface area (Å²) in [5.41, 5.74) is -0.550. The van der Waals surface area contributed by atoms with Gasteiger partial charge in [-0.1, -0.05) is 50.9 Å². The largest absolute Gasteiger partial charge is 0.390 e. The van der Waals surface area contributed by atoms with Gasteiger partial charge in [0.2, 0.25) is 0 Å². The number of aromatic amines is 2. The molecule has 18 heteroatoms. The number of rotatable bonds is 11. The molecule has 3 aromatic rings. The molecule has 1 aliphatic heterocycles. The van der Waals surface area contributed by atoms with Crippen LogP contribution in [0.25, 0.3) is 11.2 Å². The number of aliphatic imine (C=N–C) groups is 1. The standard InChI is InChI=1S/C13H22N4O4Si.C8H9N3O3.C6H15ClOSi/c1-16-11-10(12(19)15-13(16)20)17(9(7-18)14-11)8-21-5-6-22(2,3)4;1-11-6-5(2-4(3-12)9-6)7(13)10-8(11)14;1-9(2,3)5-4-8-6-7/h18H,5-8H2,1-4H3,(H,15,19,20);12H,2-3H2,1H3,(H,10,13,14);4-6H2,1-3H3. The monoisotopic (exact) mass is 687 g/mol. The first-order valence-corrected chi connectivity index (χ1v) is 22.4. The van der Waals surface area contributed by atoms with Crippen LogP contribution >= 0.6 is 11.6 Å². The minimum Gasteiger partial charge on any atom is -0.390 e. The second-order valence-electron chi connectivity index (χ2n) is 12.9. The minimum absolute atomic E-state index is 0.123. The van der Waals surface area contributed by atoms with Crippen LogP contribution in [0.1, 0.15) is 11.4 Å². The average molecular weight is 688 g/mol. The molecule has 4 rings (SSSR count). The summed E-state index contributed by atoms with van der Waals surface area (Å²) in [7, 11) is 0.975. The maximum Gasteiger partial charge on any atom is 0.329 e. The van der Waals surface area contributed by atoms with Crippen LogP contribution in [0, 0.1) is 0 Å². The molecule has 15 nitrogen and oxygen atoms in total. The van der Waals surface area contributed by atoms with Gasteiger partial charge in [0.1, 0.15) is 31.0 Å². The number of ether oxygens (including phenoxy) is 2. The van der Waals surface area contributed by atoms with E-state index in [1.54, 1.807) is 0 Å². The number of aliphatic hydroxyl groups excluding tert-OH is 2. The van der Waals surface area contributed by atoms with Crippen LogP contribution in [0.4, 0.5) is 5.82 Å². The van der Waals surface area contributed by atoms with Gasteiger partial charge in [0.15, 0.2) is 11.2 Å². The molecule has 0 saturated carbocycles. The van der Waals surface area contributed by atoms with Crippen LogP contribution in [0.15, 0.2) is 24.2 Å². The van der Waals surface area contributed by atoms with E-state index in [1.807, 2.05) is 0 Å². The van der Waals surface area contributed by atoms with Crippen molar-refractivity contribution in [2.75, 3.05) is 25.9 Å². The molecule has 0 spiro atoms. The Kier molecular flexibility index (Phi) is 14.1. The summed E-state index contributed by atoms with van der Waals surface area (Å²) in [6.07, 6.45) is 0.315. The van der Waals surface area contributed by atoms with Crippen molar-refractivity contribution in [3.63, 3.8) is 0 Å². The third-order valence-electron chi connectivity index (χ3n) is 6.73. The predicted molar refractivity (Wildman–Crippen MR) is 181 cm³/mol.